The Morgan fingerprint density at radius 3 is 2.52 bits per heavy atom. The first kappa shape index (κ1) is 15.3. The average Bonchev–Trinajstić information content (AvgIpc) is 2.47. The van der Waals surface area contributed by atoms with Crippen LogP contribution in [0, 0.1) is 5.92 Å². The first-order valence-electron chi connectivity index (χ1n) is 7.14. The van der Waals surface area contributed by atoms with Gasteiger partial charge in [-0.3, -0.25) is 14.6 Å². The van der Waals surface area contributed by atoms with Crippen LogP contribution in [0.5, 0.6) is 0 Å². The molecule has 1 aliphatic rings. The third kappa shape index (κ3) is 3.71. The van der Waals surface area contributed by atoms with Gasteiger partial charge in [0.15, 0.2) is 0 Å². The third-order valence-corrected chi connectivity index (χ3v) is 3.94. The summed E-state index contributed by atoms with van der Waals surface area (Å²) in [7, 11) is 3.76. The fourth-order valence-corrected chi connectivity index (χ4v) is 2.70. The van der Waals surface area contributed by atoms with Crippen LogP contribution in [0.15, 0.2) is 18.5 Å². The molecule has 1 aromatic heterocycles. The Bertz CT molecular complexity index is 523. The number of hydrogen-bond acceptors (Lipinski definition) is 4. The first-order chi connectivity index (χ1) is 9.99. The van der Waals surface area contributed by atoms with Gasteiger partial charge < -0.3 is 15.3 Å². The summed E-state index contributed by atoms with van der Waals surface area (Å²) in [6.07, 6.45) is 5.87. The number of carbonyl (C=O) groups excluding carboxylic acids is 1. The van der Waals surface area contributed by atoms with Gasteiger partial charge >= 0.3 is 5.97 Å². The second-order valence-electron chi connectivity index (χ2n) is 5.65. The number of carboxylic acid groups (broad SMARTS) is 1. The summed E-state index contributed by atoms with van der Waals surface area (Å²) in [5.74, 6) is -1.15. The lowest BCUT2D eigenvalue weighted by atomic mass is 9.86. The van der Waals surface area contributed by atoms with Crippen molar-refractivity contribution in [2.24, 2.45) is 5.92 Å². The highest BCUT2D eigenvalue weighted by Crippen LogP contribution is 2.25. The second-order valence-corrected chi connectivity index (χ2v) is 5.65. The molecule has 0 unspecified atom stereocenters. The van der Waals surface area contributed by atoms with Crippen LogP contribution < -0.4 is 10.2 Å². The Morgan fingerprint density at radius 2 is 1.95 bits per heavy atom. The maximum atomic E-state index is 12.4. The maximum Gasteiger partial charge on any atom is 0.306 e. The molecule has 0 aromatic carbocycles. The van der Waals surface area contributed by atoms with E-state index in [2.05, 4.69) is 10.3 Å². The zero-order chi connectivity index (χ0) is 15.4. The summed E-state index contributed by atoms with van der Waals surface area (Å²) in [5, 5.41) is 12.0. The zero-order valence-electron chi connectivity index (χ0n) is 12.4. The minimum Gasteiger partial charge on any atom is -0.481 e. The monoisotopic (exact) mass is 291 g/mol. The van der Waals surface area contributed by atoms with Crippen molar-refractivity contribution in [3.05, 3.63) is 24.0 Å². The fraction of sp³-hybridized carbons (Fsp3) is 0.533. The summed E-state index contributed by atoms with van der Waals surface area (Å²) in [6, 6.07) is 1.85. The van der Waals surface area contributed by atoms with E-state index in [4.69, 9.17) is 5.11 Å². The normalized spacial score (nSPS) is 21.6. The summed E-state index contributed by atoms with van der Waals surface area (Å²) >= 11 is 0. The number of amides is 1. The molecule has 0 atom stereocenters. The molecule has 1 saturated carbocycles. The van der Waals surface area contributed by atoms with Gasteiger partial charge in [-0.1, -0.05) is 0 Å². The molecule has 21 heavy (non-hydrogen) atoms. The Balaban J connectivity index is 1.98. The molecule has 6 nitrogen and oxygen atoms in total. The van der Waals surface area contributed by atoms with Crippen molar-refractivity contribution in [1.82, 2.24) is 10.3 Å². The van der Waals surface area contributed by atoms with Gasteiger partial charge in [-0.05, 0) is 31.7 Å². The number of aromatic nitrogens is 1. The molecule has 0 aliphatic heterocycles. The highest BCUT2D eigenvalue weighted by molar-refractivity contribution is 5.99. The summed E-state index contributed by atoms with van der Waals surface area (Å²) in [4.78, 5) is 29.2. The highest BCUT2D eigenvalue weighted by atomic mass is 16.4. The van der Waals surface area contributed by atoms with Crippen molar-refractivity contribution in [1.29, 1.82) is 0 Å². The van der Waals surface area contributed by atoms with Crippen molar-refractivity contribution in [3.63, 3.8) is 0 Å². The Labute approximate surface area is 124 Å². The van der Waals surface area contributed by atoms with E-state index in [0.717, 1.165) is 5.69 Å². The van der Waals surface area contributed by atoms with Crippen molar-refractivity contribution >= 4 is 17.6 Å². The number of nitrogens with zero attached hydrogens (tertiary/aromatic N) is 2. The van der Waals surface area contributed by atoms with E-state index in [1.807, 2.05) is 19.0 Å². The number of nitrogens with one attached hydrogen (secondary N) is 1. The maximum absolute atomic E-state index is 12.4. The number of hydrogen-bond donors (Lipinski definition) is 2. The zero-order valence-corrected chi connectivity index (χ0v) is 12.4. The topological polar surface area (TPSA) is 82.5 Å². The van der Waals surface area contributed by atoms with E-state index >= 15 is 0 Å². The number of aliphatic carboxylic acids is 1. The average molecular weight is 291 g/mol. The van der Waals surface area contributed by atoms with E-state index < -0.39 is 5.97 Å². The Hall–Kier alpha value is -2.11. The van der Waals surface area contributed by atoms with Crippen molar-refractivity contribution in [2.75, 3.05) is 19.0 Å². The molecule has 1 heterocycles. The molecule has 6 heteroatoms. The van der Waals surface area contributed by atoms with Crippen LogP contribution in [-0.4, -0.2) is 42.1 Å². The van der Waals surface area contributed by atoms with Crippen molar-refractivity contribution < 1.29 is 14.7 Å². The number of anilines is 1. The summed E-state index contributed by atoms with van der Waals surface area (Å²) in [6.45, 7) is 0. The first-order valence-corrected chi connectivity index (χ1v) is 7.14. The van der Waals surface area contributed by atoms with Gasteiger partial charge in [0, 0.05) is 32.5 Å². The van der Waals surface area contributed by atoms with Crippen LogP contribution in [0.1, 0.15) is 36.0 Å². The quantitative estimate of drug-likeness (QED) is 0.879. The molecule has 0 spiro atoms. The molecule has 0 radical (unpaired) electrons. The van der Waals surface area contributed by atoms with E-state index in [1.165, 1.54) is 0 Å². The molecule has 1 amide bonds. The van der Waals surface area contributed by atoms with Gasteiger partial charge in [0.2, 0.25) is 0 Å². The van der Waals surface area contributed by atoms with E-state index in [1.54, 1.807) is 18.5 Å². The van der Waals surface area contributed by atoms with Crippen LogP contribution >= 0.6 is 0 Å². The smallest absolute Gasteiger partial charge is 0.306 e. The van der Waals surface area contributed by atoms with E-state index in [0.29, 0.717) is 31.2 Å². The van der Waals surface area contributed by atoms with E-state index in [9.17, 15) is 9.59 Å². The van der Waals surface area contributed by atoms with E-state index in [-0.39, 0.29) is 17.9 Å². The van der Waals surface area contributed by atoms with Gasteiger partial charge in [0.25, 0.3) is 5.91 Å². The fourth-order valence-electron chi connectivity index (χ4n) is 2.70. The molecule has 0 bridgehead atoms. The number of carboxylic acids is 1. The third-order valence-electron chi connectivity index (χ3n) is 3.94. The number of carbonyl (C=O) groups is 2. The molecule has 1 aromatic rings. The molecule has 0 saturated heterocycles. The lowest BCUT2D eigenvalue weighted by Crippen LogP contribution is -2.39. The van der Waals surface area contributed by atoms with Crippen LogP contribution in [0.3, 0.4) is 0 Å². The number of pyridine rings is 1. The summed E-state index contributed by atoms with van der Waals surface area (Å²) in [5.41, 5.74) is 1.37. The van der Waals surface area contributed by atoms with Crippen LogP contribution in [0.25, 0.3) is 0 Å². The lowest BCUT2D eigenvalue weighted by Gasteiger charge is -2.27. The summed E-state index contributed by atoms with van der Waals surface area (Å²) < 4.78 is 0. The van der Waals surface area contributed by atoms with Crippen LogP contribution in [0.4, 0.5) is 5.69 Å². The predicted octanol–water partition coefficient (Wildman–Crippen LogP) is 1.52. The molecule has 2 N–H and O–H groups in total. The van der Waals surface area contributed by atoms with Crippen LogP contribution in [-0.2, 0) is 4.79 Å². The van der Waals surface area contributed by atoms with Gasteiger partial charge in [-0.25, -0.2) is 0 Å². The Kier molecular flexibility index (Phi) is 4.77. The predicted molar refractivity (Wildman–Crippen MR) is 79.4 cm³/mol. The van der Waals surface area contributed by atoms with Gasteiger partial charge in [0.05, 0.1) is 17.2 Å². The standard InChI is InChI=1S/C15H21N3O3/c1-18(2)13-7-8-16-9-12(13)14(19)17-11-5-3-10(4-6-11)15(20)21/h7-11H,3-6H2,1-2H3,(H,17,19)(H,20,21). The molecule has 1 fully saturated rings. The van der Waals surface area contributed by atoms with Crippen molar-refractivity contribution in [3.8, 4) is 0 Å². The minimum atomic E-state index is -0.734. The molecule has 2 rings (SSSR count). The molecular weight excluding hydrogens is 270 g/mol. The number of rotatable bonds is 4. The SMILES string of the molecule is CN(C)c1ccncc1C(=O)NC1CCC(C(=O)O)CC1. The molecule has 1 aliphatic carbocycles. The minimum absolute atomic E-state index is 0.0447. The second kappa shape index (κ2) is 6.56. The largest absolute Gasteiger partial charge is 0.481 e. The van der Waals surface area contributed by atoms with Gasteiger partial charge in [0.1, 0.15) is 0 Å². The van der Waals surface area contributed by atoms with Gasteiger partial charge in [-0.2, -0.15) is 0 Å². The lowest BCUT2D eigenvalue weighted by molar-refractivity contribution is -0.142. The van der Waals surface area contributed by atoms with Gasteiger partial charge in [-0.15, -0.1) is 0 Å². The molecule has 114 valence electrons. The highest BCUT2D eigenvalue weighted by Gasteiger charge is 2.27. The Morgan fingerprint density at radius 1 is 1.29 bits per heavy atom. The van der Waals surface area contributed by atoms with Crippen molar-refractivity contribution in [2.45, 2.75) is 31.7 Å². The van der Waals surface area contributed by atoms with Crippen LogP contribution in [0.2, 0.25) is 0 Å². The molecular formula is C15H21N3O3.